The highest BCUT2D eigenvalue weighted by Crippen LogP contribution is 2.09. The zero-order valence-electron chi connectivity index (χ0n) is 23.1. The minimum Gasteiger partial charge on any atom is -0.463 e. The average molecular weight is 488 g/mol. The van der Waals surface area contributed by atoms with Crippen LogP contribution in [0.5, 0.6) is 0 Å². The Balaban J connectivity index is 3.31. The lowest BCUT2D eigenvalue weighted by atomic mass is 10.1. The summed E-state index contributed by atoms with van der Waals surface area (Å²) in [6.07, 6.45) is 18.7. The third kappa shape index (κ3) is 25.9. The fraction of sp³-hybridized carbons (Fsp3) is 0.964. The van der Waals surface area contributed by atoms with Crippen molar-refractivity contribution < 1.29 is 23.7 Å². The summed E-state index contributed by atoms with van der Waals surface area (Å²) >= 11 is 0. The molecule has 0 aromatic heterocycles. The van der Waals surface area contributed by atoms with E-state index in [0.717, 1.165) is 45.6 Å². The first-order valence-corrected chi connectivity index (χ1v) is 14.1. The molecule has 0 saturated heterocycles. The molecule has 0 aliphatic rings. The summed E-state index contributed by atoms with van der Waals surface area (Å²) in [5, 5.41) is 0. The van der Waals surface area contributed by atoms with Crippen molar-refractivity contribution in [1.82, 2.24) is 4.90 Å². The molecule has 6 heteroatoms. The number of esters is 1. The lowest BCUT2D eigenvalue weighted by Gasteiger charge is -2.16. The number of hydrogen-bond acceptors (Lipinski definition) is 6. The van der Waals surface area contributed by atoms with Crippen LogP contribution in [-0.2, 0) is 23.7 Å². The van der Waals surface area contributed by atoms with E-state index in [1.807, 2.05) is 14.1 Å². The maximum absolute atomic E-state index is 11.8. The van der Waals surface area contributed by atoms with Crippen LogP contribution in [0.15, 0.2) is 0 Å². The van der Waals surface area contributed by atoms with Gasteiger partial charge in [-0.05, 0) is 46.3 Å². The molecule has 34 heavy (non-hydrogen) atoms. The Kier molecular flexibility index (Phi) is 26.4. The van der Waals surface area contributed by atoms with Crippen molar-refractivity contribution in [3.05, 3.63) is 0 Å². The molecule has 0 spiro atoms. The molecule has 0 saturated carbocycles. The summed E-state index contributed by atoms with van der Waals surface area (Å²) in [7, 11) is 5.66. The zero-order valence-corrected chi connectivity index (χ0v) is 23.1. The van der Waals surface area contributed by atoms with Crippen LogP contribution in [0.3, 0.4) is 0 Å². The molecule has 0 aliphatic heterocycles. The van der Waals surface area contributed by atoms with Gasteiger partial charge in [0.15, 0.2) is 0 Å². The van der Waals surface area contributed by atoms with Crippen LogP contribution >= 0.6 is 0 Å². The highest BCUT2D eigenvalue weighted by Gasteiger charge is 2.11. The van der Waals surface area contributed by atoms with Crippen molar-refractivity contribution in [1.29, 1.82) is 0 Å². The van der Waals surface area contributed by atoms with E-state index in [0.29, 0.717) is 19.6 Å². The summed E-state index contributed by atoms with van der Waals surface area (Å²) in [6.45, 7) is 6.79. The van der Waals surface area contributed by atoms with Gasteiger partial charge < -0.3 is 23.8 Å². The molecule has 1 atom stereocenters. The highest BCUT2D eigenvalue weighted by atomic mass is 16.6. The first-order chi connectivity index (χ1) is 16.6. The van der Waals surface area contributed by atoms with Crippen LogP contribution in [-0.4, -0.2) is 77.8 Å². The fourth-order valence-electron chi connectivity index (χ4n) is 3.76. The lowest BCUT2D eigenvalue weighted by molar-refractivity contribution is -0.147. The Bertz CT molecular complexity index is 420. The van der Waals surface area contributed by atoms with Crippen molar-refractivity contribution in [3.8, 4) is 0 Å². The zero-order chi connectivity index (χ0) is 25.1. The van der Waals surface area contributed by atoms with Crippen LogP contribution in [0, 0.1) is 0 Å². The molecule has 0 aliphatic carbocycles. The van der Waals surface area contributed by atoms with Gasteiger partial charge in [0.1, 0.15) is 6.61 Å². The Labute approximate surface area is 211 Å². The van der Waals surface area contributed by atoms with Crippen molar-refractivity contribution in [2.45, 2.75) is 116 Å². The number of methoxy groups -OCH3 is 1. The van der Waals surface area contributed by atoms with Crippen molar-refractivity contribution in [2.75, 3.05) is 60.8 Å². The van der Waals surface area contributed by atoms with E-state index in [2.05, 4.69) is 11.8 Å². The minimum atomic E-state index is -0.148. The standard InChI is InChI=1S/C28H57NO5/c1-5-6-7-8-12-15-22-32-23-16-13-10-9-11-14-17-24-33-25-20-27(31-4)26-34-28(30)19-18-21-29(2)3/h27H,5-26H2,1-4H3. The second kappa shape index (κ2) is 26.9. The monoisotopic (exact) mass is 487 g/mol. The third-order valence-electron chi connectivity index (χ3n) is 6.05. The van der Waals surface area contributed by atoms with E-state index in [1.54, 1.807) is 7.11 Å². The molecule has 1 unspecified atom stereocenters. The molecule has 0 aromatic rings. The fourth-order valence-corrected chi connectivity index (χ4v) is 3.76. The Morgan fingerprint density at radius 2 is 1.21 bits per heavy atom. The summed E-state index contributed by atoms with van der Waals surface area (Å²) in [5.74, 6) is -0.148. The first-order valence-electron chi connectivity index (χ1n) is 14.1. The number of carbonyl (C=O) groups excluding carboxylic acids is 1. The molecule has 0 fully saturated rings. The molecule has 0 bridgehead atoms. The molecular formula is C28H57NO5. The molecule has 0 heterocycles. The van der Waals surface area contributed by atoms with Gasteiger partial charge in [0.25, 0.3) is 0 Å². The molecule has 6 nitrogen and oxygen atoms in total. The van der Waals surface area contributed by atoms with Crippen LogP contribution in [0.1, 0.15) is 110 Å². The number of ether oxygens (including phenoxy) is 4. The molecular weight excluding hydrogens is 430 g/mol. The number of rotatable bonds is 27. The van der Waals surface area contributed by atoms with Gasteiger partial charge in [0, 0.05) is 46.4 Å². The smallest absolute Gasteiger partial charge is 0.305 e. The number of unbranched alkanes of at least 4 members (excludes halogenated alkanes) is 11. The Hall–Kier alpha value is -0.690. The quantitative estimate of drug-likeness (QED) is 0.0987. The van der Waals surface area contributed by atoms with E-state index < -0.39 is 0 Å². The SMILES string of the molecule is CCCCCCCCOCCCCCCCCCOCCC(COC(=O)CCCN(C)C)OC. The van der Waals surface area contributed by atoms with Crippen LogP contribution in [0.2, 0.25) is 0 Å². The Morgan fingerprint density at radius 1 is 0.706 bits per heavy atom. The van der Waals surface area contributed by atoms with Gasteiger partial charge in [-0.25, -0.2) is 0 Å². The summed E-state index contributed by atoms with van der Waals surface area (Å²) in [5.41, 5.74) is 0. The van der Waals surface area contributed by atoms with Gasteiger partial charge in [-0.15, -0.1) is 0 Å². The van der Waals surface area contributed by atoms with Gasteiger partial charge in [-0.3, -0.25) is 4.79 Å². The molecule has 0 aromatic carbocycles. The number of carbonyl (C=O) groups is 1. The van der Waals surface area contributed by atoms with Crippen molar-refractivity contribution in [2.24, 2.45) is 0 Å². The summed E-state index contributed by atoms with van der Waals surface area (Å²) < 4.78 is 22.2. The summed E-state index contributed by atoms with van der Waals surface area (Å²) in [6, 6.07) is 0. The second-order valence-corrected chi connectivity index (χ2v) is 9.70. The highest BCUT2D eigenvalue weighted by molar-refractivity contribution is 5.69. The molecule has 0 amide bonds. The Morgan fingerprint density at radius 3 is 1.71 bits per heavy atom. The predicted octanol–water partition coefficient (Wildman–Crippen LogP) is 6.40. The van der Waals surface area contributed by atoms with E-state index in [9.17, 15) is 4.79 Å². The van der Waals surface area contributed by atoms with E-state index in [1.165, 1.54) is 77.0 Å². The van der Waals surface area contributed by atoms with Gasteiger partial charge in [-0.1, -0.05) is 71.1 Å². The number of hydrogen-bond donors (Lipinski definition) is 0. The van der Waals surface area contributed by atoms with E-state index in [-0.39, 0.29) is 12.1 Å². The molecule has 0 radical (unpaired) electrons. The van der Waals surface area contributed by atoms with Crippen LogP contribution in [0.4, 0.5) is 0 Å². The van der Waals surface area contributed by atoms with Crippen molar-refractivity contribution >= 4 is 5.97 Å². The molecule has 0 N–H and O–H groups in total. The summed E-state index contributed by atoms with van der Waals surface area (Å²) in [4.78, 5) is 13.8. The topological polar surface area (TPSA) is 57.2 Å². The normalized spacial score (nSPS) is 12.4. The third-order valence-corrected chi connectivity index (χ3v) is 6.05. The maximum atomic E-state index is 11.8. The van der Waals surface area contributed by atoms with E-state index in [4.69, 9.17) is 18.9 Å². The van der Waals surface area contributed by atoms with Crippen molar-refractivity contribution in [3.63, 3.8) is 0 Å². The second-order valence-electron chi connectivity index (χ2n) is 9.70. The molecule has 0 rings (SSSR count). The lowest BCUT2D eigenvalue weighted by Crippen LogP contribution is -2.23. The van der Waals surface area contributed by atoms with Gasteiger partial charge in [-0.2, -0.15) is 0 Å². The minimum absolute atomic E-state index is 0.0902. The first kappa shape index (κ1) is 33.3. The predicted molar refractivity (Wildman–Crippen MR) is 141 cm³/mol. The van der Waals surface area contributed by atoms with Crippen LogP contribution < -0.4 is 0 Å². The average Bonchev–Trinajstić information content (AvgIpc) is 2.82. The van der Waals surface area contributed by atoms with Gasteiger partial charge in [0.05, 0.1) is 6.10 Å². The van der Waals surface area contributed by atoms with Gasteiger partial charge >= 0.3 is 5.97 Å². The van der Waals surface area contributed by atoms with Crippen LogP contribution in [0.25, 0.3) is 0 Å². The maximum Gasteiger partial charge on any atom is 0.305 e. The largest absolute Gasteiger partial charge is 0.463 e. The number of nitrogens with zero attached hydrogens (tertiary/aromatic N) is 1. The molecule has 204 valence electrons. The van der Waals surface area contributed by atoms with Gasteiger partial charge in [0.2, 0.25) is 0 Å². The van der Waals surface area contributed by atoms with E-state index >= 15 is 0 Å².